The zero-order valence-electron chi connectivity index (χ0n) is 40.1. The lowest BCUT2D eigenvalue weighted by Gasteiger charge is -2.18. The van der Waals surface area contributed by atoms with Crippen LogP contribution in [0.2, 0.25) is 0 Å². The molecule has 0 saturated heterocycles. The van der Waals surface area contributed by atoms with E-state index in [-0.39, 0.29) is 37.1 Å². The summed E-state index contributed by atoms with van der Waals surface area (Å²) >= 11 is 3.23. The van der Waals surface area contributed by atoms with Crippen molar-refractivity contribution >= 4 is 80.6 Å². The highest BCUT2D eigenvalue weighted by Gasteiger charge is 2.23. The third kappa shape index (κ3) is 16.7. The van der Waals surface area contributed by atoms with E-state index >= 15 is 0 Å². The molecule has 74 heavy (non-hydrogen) atoms. The van der Waals surface area contributed by atoms with Gasteiger partial charge in [0, 0.05) is 21.1 Å². The first kappa shape index (κ1) is 54.1. The highest BCUT2D eigenvalue weighted by molar-refractivity contribution is 7.10. The largest absolute Gasteiger partial charge is 0.545 e. The number of amides is 2. The summed E-state index contributed by atoms with van der Waals surface area (Å²) in [6, 6.07) is 33.1. The number of nitrogens with two attached hydrogens (primary N) is 4. The molecule has 0 fully saturated rings. The van der Waals surface area contributed by atoms with Gasteiger partial charge >= 0.3 is 0 Å². The average molecular weight is 1040 g/mol. The number of rotatable bonds is 20. The van der Waals surface area contributed by atoms with Crippen LogP contribution in [0.15, 0.2) is 170 Å². The Kier molecular flexibility index (Phi) is 19.6. The highest BCUT2D eigenvalue weighted by Crippen LogP contribution is 2.33. The molecule has 10 N–H and O–H groups in total. The van der Waals surface area contributed by atoms with Crippen LogP contribution in [0.25, 0.3) is 0 Å². The second kappa shape index (κ2) is 26.8. The van der Waals surface area contributed by atoms with Crippen molar-refractivity contribution in [1.29, 1.82) is 0 Å². The molecule has 4 aromatic heterocycles. The van der Waals surface area contributed by atoms with Crippen LogP contribution >= 0.6 is 22.7 Å². The Labute approximate surface area is 433 Å². The molecule has 2 amide bonds. The first-order valence-corrected chi connectivity index (χ1v) is 24.2. The van der Waals surface area contributed by atoms with Gasteiger partial charge in [-0.3, -0.25) is 9.59 Å². The number of carboxylic acids is 2. The van der Waals surface area contributed by atoms with Crippen LogP contribution in [0.4, 0.5) is 34.1 Å². The number of anilines is 6. The number of para-hydroxylation sites is 4. The number of hydrogen-bond donors (Lipinski definition) is 6. The lowest BCUT2D eigenvalue weighted by Crippen LogP contribution is -2.38. The van der Waals surface area contributed by atoms with Crippen LogP contribution in [0.1, 0.15) is 22.0 Å². The number of nitrogens with one attached hydrogen (secondary N) is 2. The molecule has 0 spiro atoms. The number of carboxylic acid groups (broad SMARTS) is 2. The van der Waals surface area contributed by atoms with Gasteiger partial charge in [0.2, 0.25) is 12.7 Å². The van der Waals surface area contributed by atoms with Crippen molar-refractivity contribution in [3.8, 4) is 23.0 Å². The van der Waals surface area contributed by atoms with Gasteiger partial charge in [0.15, 0.2) is 25.3 Å². The fourth-order valence-corrected chi connectivity index (χ4v) is 8.47. The van der Waals surface area contributed by atoms with Crippen molar-refractivity contribution in [2.75, 3.05) is 47.8 Å². The molecule has 0 aliphatic carbocycles. The quantitative estimate of drug-likeness (QED) is 0.0358. The predicted molar refractivity (Wildman–Crippen MR) is 278 cm³/mol. The van der Waals surface area contributed by atoms with Crippen LogP contribution in [0.5, 0.6) is 23.0 Å². The van der Waals surface area contributed by atoms with E-state index in [9.17, 15) is 29.4 Å². The molecule has 22 heteroatoms. The zero-order valence-corrected chi connectivity index (χ0v) is 41.8. The van der Waals surface area contributed by atoms with Crippen molar-refractivity contribution in [3.63, 3.8) is 0 Å². The number of carbonyl (C=O) groups is 4. The second-order valence-electron chi connectivity index (χ2n) is 15.9. The molecule has 384 valence electrons. The summed E-state index contributed by atoms with van der Waals surface area (Å²) in [6.45, 7) is 1.43. The molecule has 2 unspecified atom stereocenters. The third-order valence-electron chi connectivity index (χ3n) is 10.3. The number of aromatic nitrogens is 4. The summed E-state index contributed by atoms with van der Waals surface area (Å²) in [5.74, 6) is -0.996. The molecule has 20 nitrogen and oxygen atoms in total. The van der Waals surface area contributed by atoms with E-state index in [2.05, 4.69) is 10.6 Å². The summed E-state index contributed by atoms with van der Waals surface area (Å²) in [6.07, 6.45) is 11.5. The average Bonchev–Trinajstić information content (AvgIpc) is 4.24. The number of imidazole rings is 2. The minimum Gasteiger partial charge on any atom is -0.545 e. The lowest BCUT2D eigenvalue weighted by molar-refractivity contribution is -0.683. The Hall–Kier alpha value is -9.28. The Balaban J connectivity index is 0.000000210. The first-order chi connectivity index (χ1) is 35.7. The van der Waals surface area contributed by atoms with Gasteiger partial charge in [-0.25, -0.2) is 18.3 Å². The fourth-order valence-electron chi connectivity index (χ4n) is 6.98. The van der Waals surface area contributed by atoms with Crippen molar-refractivity contribution in [2.24, 2.45) is 0 Å². The molecule has 8 rings (SSSR count). The maximum absolute atomic E-state index is 12.5. The number of ether oxygens (including phenoxy) is 4. The predicted octanol–water partition coefficient (Wildman–Crippen LogP) is 3.98. The van der Waals surface area contributed by atoms with Crippen LogP contribution in [0.3, 0.4) is 0 Å². The number of aliphatic carboxylic acids is 2. The maximum Gasteiger partial charge on any atom is 0.266 e. The van der Waals surface area contributed by atoms with Crippen molar-refractivity contribution in [2.45, 2.75) is 38.4 Å². The Bertz CT molecular complexity index is 2930. The fraction of sp³-hybridized carbons (Fsp3) is 0.154. The highest BCUT2D eigenvalue weighted by atomic mass is 32.1. The van der Waals surface area contributed by atoms with Gasteiger partial charge in [-0.15, -0.1) is 22.7 Å². The number of carbonyl (C=O) groups excluding carboxylic acids is 4. The molecule has 0 saturated carbocycles. The number of thiophene rings is 2. The van der Waals surface area contributed by atoms with Crippen LogP contribution in [-0.4, -0.2) is 47.1 Å². The summed E-state index contributed by atoms with van der Waals surface area (Å²) < 4.78 is 30.7. The SMILES string of the molecule is COc1ccccc1NC(=O)C[n+]1ccn(CC(Oc2ccc(N)cc2N)c2cccs2)c1.COc1ccccc1NC(=O)C[n+]1ccn(CC(Oc2ccc(N)cc2N)c2cccs2)c1.O=C([O-])/C=C\C(=O)[O-]. The van der Waals surface area contributed by atoms with Crippen LogP contribution in [-0.2, 0) is 45.4 Å². The summed E-state index contributed by atoms with van der Waals surface area (Å²) in [7, 11) is 3.15. The number of nitrogen functional groups attached to an aromatic ring is 4. The van der Waals surface area contributed by atoms with E-state index in [1.165, 1.54) is 0 Å². The number of methoxy groups -OCH3 is 2. The van der Waals surface area contributed by atoms with Gasteiger partial charge in [-0.1, -0.05) is 36.4 Å². The lowest BCUT2D eigenvalue weighted by atomic mass is 10.2. The van der Waals surface area contributed by atoms with Crippen LogP contribution < -0.4 is 71.9 Å². The summed E-state index contributed by atoms with van der Waals surface area (Å²) in [5.41, 5.74) is 27.2. The normalized spacial score (nSPS) is 11.4. The van der Waals surface area contributed by atoms with E-state index in [0.29, 0.717) is 82.4 Å². The molecule has 0 radical (unpaired) electrons. The second-order valence-corrected chi connectivity index (χ2v) is 17.8. The Morgan fingerprint density at radius 3 is 1.34 bits per heavy atom. The molecule has 2 atom stereocenters. The van der Waals surface area contributed by atoms with Gasteiger partial charge < -0.3 is 72.3 Å². The standard InChI is InChI=1S/2C24H25N5O3S.C4H4O4/c2*1-31-21-6-3-2-5-19(21)27-24(30)15-29-11-10-28(16-29)14-22(23-7-4-12-33-23)32-20-9-8-17(25)13-18(20)26;5-3(6)1-2-4(7)8/h2*2-13,16,22H,14-15,25-26H2,1H3;1-2H,(H,5,6)(H,7,8)/b;;2-1-. The monoisotopic (exact) mass is 1040 g/mol. The molecular formula is C52H54N10O10S2. The molecule has 8 aromatic rings. The minimum atomic E-state index is -1.55. The van der Waals surface area contributed by atoms with E-state index in [1.807, 2.05) is 115 Å². The van der Waals surface area contributed by atoms with E-state index in [4.69, 9.17) is 41.9 Å². The van der Waals surface area contributed by atoms with Gasteiger partial charge in [0.25, 0.3) is 11.8 Å². The number of nitrogens with zero attached hydrogens (tertiary/aromatic N) is 4. The van der Waals surface area contributed by atoms with E-state index < -0.39 is 11.9 Å². The molecule has 4 aromatic carbocycles. The number of hydrogen-bond acceptors (Lipinski definition) is 16. The zero-order chi connectivity index (χ0) is 53.0. The maximum atomic E-state index is 12.5. The van der Waals surface area contributed by atoms with Gasteiger partial charge in [-0.2, -0.15) is 0 Å². The molecule has 4 heterocycles. The van der Waals surface area contributed by atoms with Crippen molar-refractivity contribution in [1.82, 2.24) is 9.13 Å². The first-order valence-electron chi connectivity index (χ1n) is 22.4. The summed E-state index contributed by atoms with van der Waals surface area (Å²) in [4.78, 5) is 46.0. The third-order valence-corrected chi connectivity index (χ3v) is 12.3. The smallest absolute Gasteiger partial charge is 0.266 e. The van der Waals surface area contributed by atoms with Gasteiger partial charge in [-0.05, 0) is 95.7 Å². The molecule has 0 aliphatic rings. The molecule has 0 bridgehead atoms. The molecule has 0 aliphatic heterocycles. The van der Waals surface area contributed by atoms with Gasteiger partial charge in [0.05, 0.1) is 48.9 Å². The van der Waals surface area contributed by atoms with E-state index in [1.54, 1.807) is 97.6 Å². The van der Waals surface area contributed by atoms with E-state index in [0.717, 1.165) is 9.75 Å². The summed E-state index contributed by atoms with van der Waals surface area (Å²) in [5, 5.41) is 28.6. The van der Waals surface area contributed by atoms with Crippen molar-refractivity contribution in [3.05, 3.63) is 179 Å². The topological polar surface area (TPSA) is 297 Å². The number of benzene rings is 4. The van der Waals surface area contributed by atoms with Gasteiger partial charge in [0.1, 0.15) is 60.9 Å². The van der Waals surface area contributed by atoms with Crippen LogP contribution in [0, 0.1) is 0 Å². The minimum absolute atomic E-state index is 0.150. The van der Waals surface area contributed by atoms with Crippen molar-refractivity contribution < 1.29 is 57.5 Å². The Morgan fingerprint density at radius 1 is 0.581 bits per heavy atom. The Morgan fingerprint density at radius 2 is 0.986 bits per heavy atom. The molecular weight excluding hydrogens is 989 g/mol.